The molecule has 1 N–H and O–H groups in total. The van der Waals surface area contributed by atoms with E-state index in [1.54, 1.807) is 0 Å². The number of ether oxygens (including phenoxy) is 2. The van der Waals surface area contributed by atoms with Gasteiger partial charge in [0.25, 0.3) is 0 Å². The number of nitrogens with zero attached hydrogens (tertiary/aromatic N) is 2. The van der Waals surface area contributed by atoms with Crippen LogP contribution in [0.25, 0.3) is 0 Å². The second-order valence-corrected chi connectivity index (χ2v) is 5.54. The Hall–Kier alpha value is -2.01. The molecule has 1 aliphatic rings. The highest BCUT2D eigenvalue weighted by atomic mass is 16.7. The Morgan fingerprint density at radius 3 is 2.86 bits per heavy atom. The number of imidazole rings is 1. The van der Waals surface area contributed by atoms with E-state index < -0.39 is 0 Å². The summed E-state index contributed by atoms with van der Waals surface area (Å²) in [5.41, 5.74) is 3.52. The van der Waals surface area contributed by atoms with Crippen molar-refractivity contribution < 1.29 is 9.47 Å². The largest absolute Gasteiger partial charge is 0.454 e. The Labute approximate surface area is 124 Å². The molecule has 0 fully saturated rings. The zero-order chi connectivity index (χ0) is 14.8. The number of hydrogen-bond acceptors (Lipinski definition) is 4. The summed E-state index contributed by atoms with van der Waals surface area (Å²) in [5, 5.41) is 3.53. The van der Waals surface area contributed by atoms with Crippen molar-refractivity contribution in [3.63, 3.8) is 0 Å². The number of aryl methyl sites for hydroxylation is 1. The van der Waals surface area contributed by atoms with E-state index in [2.05, 4.69) is 34.8 Å². The molecule has 3 rings (SSSR count). The standard InChI is InChI=1S/C16H21N3O2/c1-11(8-19-9-18-12(2)13(19)3)17-7-14-4-5-15-16(6-14)21-10-20-15/h4-6,9,11,17H,7-8,10H2,1-3H3. The molecule has 0 spiro atoms. The van der Waals surface area contributed by atoms with Crippen molar-refractivity contribution in [2.75, 3.05) is 6.79 Å². The minimum Gasteiger partial charge on any atom is -0.454 e. The van der Waals surface area contributed by atoms with Gasteiger partial charge < -0.3 is 19.4 Å². The third kappa shape index (κ3) is 3.03. The summed E-state index contributed by atoms with van der Waals surface area (Å²) >= 11 is 0. The summed E-state index contributed by atoms with van der Waals surface area (Å²) in [5.74, 6) is 1.67. The summed E-state index contributed by atoms with van der Waals surface area (Å²) in [4.78, 5) is 4.33. The van der Waals surface area contributed by atoms with E-state index in [1.807, 2.05) is 25.4 Å². The Kier molecular flexibility index (Phi) is 3.84. The van der Waals surface area contributed by atoms with Crippen molar-refractivity contribution in [3.8, 4) is 11.5 Å². The molecule has 5 nitrogen and oxygen atoms in total. The van der Waals surface area contributed by atoms with Crippen LogP contribution in [0.5, 0.6) is 11.5 Å². The normalized spacial score (nSPS) is 14.4. The second-order valence-electron chi connectivity index (χ2n) is 5.54. The van der Waals surface area contributed by atoms with Gasteiger partial charge in [-0.15, -0.1) is 0 Å². The molecule has 2 aromatic rings. The first kappa shape index (κ1) is 13.9. The van der Waals surface area contributed by atoms with Gasteiger partial charge in [0, 0.05) is 24.8 Å². The van der Waals surface area contributed by atoms with Gasteiger partial charge in [0.2, 0.25) is 6.79 Å². The molecule has 0 amide bonds. The molecule has 1 aliphatic heterocycles. The molecular formula is C16H21N3O2. The van der Waals surface area contributed by atoms with Crippen LogP contribution in [0.2, 0.25) is 0 Å². The number of hydrogen-bond donors (Lipinski definition) is 1. The van der Waals surface area contributed by atoms with Crippen molar-refractivity contribution >= 4 is 0 Å². The van der Waals surface area contributed by atoms with Gasteiger partial charge in [0.05, 0.1) is 12.0 Å². The van der Waals surface area contributed by atoms with Crippen molar-refractivity contribution in [1.29, 1.82) is 0 Å². The van der Waals surface area contributed by atoms with Crippen LogP contribution in [0.4, 0.5) is 0 Å². The molecule has 1 aromatic heterocycles. The summed E-state index contributed by atoms with van der Waals surface area (Å²) in [7, 11) is 0. The molecular weight excluding hydrogens is 266 g/mol. The zero-order valence-corrected chi connectivity index (χ0v) is 12.7. The van der Waals surface area contributed by atoms with Crippen molar-refractivity contribution in [1.82, 2.24) is 14.9 Å². The van der Waals surface area contributed by atoms with Crippen LogP contribution in [0.1, 0.15) is 23.9 Å². The summed E-state index contributed by atoms with van der Waals surface area (Å²) in [6, 6.07) is 6.43. The van der Waals surface area contributed by atoms with Crippen molar-refractivity contribution in [2.45, 2.75) is 39.9 Å². The first-order valence-electron chi connectivity index (χ1n) is 7.23. The number of fused-ring (bicyclic) bond motifs is 1. The molecule has 0 bridgehead atoms. The van der Waals surface area contributed by atoms with Gasteiger partial charge in [-0.2, -0.15) is 0 Å². The SMILES string of the molecule is Cc1ncn(CC(C)NCc2ccc3c(c2)OCO3)c1C. The highest BCUT2D eigenvalue weighted by molar-refractivity contribution is 5.44. The van der Waals surface area contributed by atoms with Crippen LogP contribution >= 0.6 is 0 Å². The van der Waals surface area contributed by atoms with Crippen LogP contribution < -0.4 is 14.8 Å². The Morgan fingerprint density at radius 1 is 1.29 bits per heavy atom. The van der Waals surface area contributed by atoms with Crippen LogP contribution in [0, 0.1) is 13.8 Å². The van der Waals surface area contributed by atoms with E-state index in [-0.39, 0.29) is 0 Å². The van der Waals surface area contributed by atoms with Crippen LogP contribution in [0.15, 0.2) is 24.5 Å². The van der Waals surface area contributed by atoms with Crippen LogP contribution in [-0.4, -0.2) is 22.4 Å². The van der Waals surface area contributed by atoms with Gasteiger partial charge in [-0.05, 0) is 38.5 Å². The number of rotatable bonds is 5. The van der Waals surface area contributed by atoms with Crippen LogP contribution in [0.3, 0.4) is 0 Å². The summed E-state index contributed by atoms with van der Waals surface area (Å²) < 4.78 is 12.9. The van der Waals surface area contributed by atoms with Gasteiger partial charge in [-0.1, -0.05) is 6.07 Å². The maximum Gasteiger partial charge on any atom is 0.231 e. The molecule has 0 aliphatic carbocycles. The molecule has 0 radical (unpaired) electrons. The van der Waals surface area contributed by atoms with Crippen molar-refractivity contribution in [3.05, 3.63) is 41.5 Å². The fraction of sp³-hybridized carbons (Fsp3) is 0.438. The number of benzene rings is 1. The molecule has 21 heavy (non-hydrogen) atoms. The number of nitrogens with one attached hydrogen (secondary N) is 1. The molecule has 1 aromatic carbocycles. The fourth-order valence-electron chi connectivity index (χ4n) is 2.43. The molecule has 1 unspecified atom stereocenters. The van der Waals surface area contributed by atoms with Gasteiger partial charge in [0.1, 0.15) is 0 Å². The van der Waals surface area contributed by atoms with Gasteiger partial charge in [0.15, 0.2) is 11.5 Å². The van der Waals surface area contributed by atoms with E-state index in [9.17, 15) is 0 Å². The van der Waals surface area contributed by atoms with Crippen LogP contribution in [-0.2, 0) is 13.1 Å². The quantitative estimate of drug-likeness (QED) is 0.917. The van der Waals surface area contributed by atoms with Gasteiger partial charge in [-0.3, -0.25) is 0 Å². The number of aromatic nitrogens is 2. The summed E-state index contributed by atoms with van der Waals surface area (Å²) in [6.07, 6.45) is 1.91. The fourth-order valence-corrected chi connectivity index (χ4v) is 2.43. The summed E-state index contributed by atoms with van der Waals surface area (Å²) in [6.45, 7) is 8.37. The van der Waals surface area contributed by atoms with Gasteiger partial charge >= 0.3 is 0 Å². The minimum absolute atomic E-state index is 0.321. The smallest absolute Gasteiger partial charge is 0.231 e. The van der Waals surface area contributed by atoms with E-state index in [0.717, 1.165) is 30.3 Å². The van der Waals surface area contributed by atoms with Gasteiger partial charge in [-0.25, -0.2) is 4.98 Å². The zero-order valence-electron chi connectivity index (χ0n) is 12.7. The monoisotopic (exact) mass is 287 g/mol. The van der Waals surface area contributed by atoms with E-state index in [1.165, 1.54) is 11.3 Å². The highest BCUT2D eigenvalue weighted by Crippen LogP contribution is 2.32. The lowest BCUT2D eigenvalue weighted by atomic mass is 10.2. The first-order valence-corrected chi connectivity index (χ1v) is 7.23. The third-order valence-electron chi connectivity index (χ3n) is 3.91. The lowest BCUT2D eigenvalue weighted by molar-refractivity contribution is 0.174. The predicted octanol–water partition coefficient (Wildman–Crippen LogP) is 2.41. The minimum atomic E-state index is 0.321. The maximum atomic E-state index is 5.40. The second kappa shape index (κ2) is 5.77. The average Bonchev–Trinajstić information content (AvgIpc) is 3.06. The Balaban J connectivity index is 1.56. The van der Waals surface area contributed by atoms with E-state index in [0.29, 0.717) is 12.8 Å². The molecule has 0 saturated carbocycles. The molecule has 0 saturated heterocycles. The average molecular weight is 287 g/mol. The highest BCUT2D eigenvalue weighted by Gasteiger charge is 2.13. The van der Waals surface area contributed by atoms with E-state index >= 15 is 0 Å². The first-order chi connectivity index (χ1) is 10.1. The maximum absolute atomic E-state index is 5.40. The third-order valence-corrected chi connectivity index (χ3v) is 3.91. The molecule has 2 heterocycles. The van der Waals surface area contributed by atoms with Crippen molar-refractivity contribution in [2.24, 2.45) is 0 Å². The molecule has 1 atom stereocenters. The Bertz CT molecular complexity index is 636. The topological polar surface area (TPSA) is 48.3 Å². The lowest BCUT2D eigenvalue weighted by Gasteiger charge is -2.16. The van der Waals surface area contributed by atoms with E-state index in [4.69, 9.17) is 9.47 Å². The molecule has 112 valence electrons. The predicted molar refractivity (Wildman–Crippen MR) is 80.6 cm³/mol. The lowest BCUT2D eigenvalue weighted by Crippen LogP contribution is -2.30. The molecule has 5 heteroatoms. The Morgan fingerprint density at radius 2 is 2.10 bits per heavy atom.